The van der Waals surface area contributed by atoms with E-state index in [1.807, 2.05) is 0 Å². The lowest BCUT2D eigenvalue weighted by Crippen LogP contribution is -2.14. The maximum absolute atomic E-state index is 11.5. The predicted octanol–water partition coefficient (Wildman–Crippen LogP) is 0.745. The summed E-state index contributed by atoms with van der Waals surface area (Å²) >= 11 is 0. The number of carbonyl (C=O) groups is 1. The smallest absolute Gasteiger partial charge is 0.356 e. The zero-order valence-electron chi connectivity index (χ0n) is 8.59. The topological polar surface area (TPSA) is 78.1 Å². The van der Waals surface area contributed by atoms with Gasteiger partial charge in [-0.1, -0.05) is 0 Å². The van der Waals surface area contributed by atoms with Gasteiger partial charge in [-0.3, -0.25) is 4.98 Å². The molecule has 5 nitrogen and oxygen atoms in total. The normalized spacial score (nSPS) is 10.3. The fourth-order valence-corrected chi connectivity index (χ4v) is 1.30. The van der Waals surface area contributed by atoms with Crippen molar-refractivity contribution in [2.24, 2.45) is 5.73 Å². The number of hydrogen-bond donors (Lipinski definition) is 1. The van der Waals surface area contributed by atoms with Gasteiger partial charge in [-0.2, -0.15) is 0 Å². The first kappa shape index (κ1) is 10.5. The Balaban J connectivity index is 2.28. The Morgan fingerprint density at radius 3 is 3.06 bits per heavy atom. The molecule has 0 fully saturated rings. The number of rotatable bonds is 3. The van der Waals surface area contributed by atoms with Gasteiger partial charge in [0.1, 0.15) is 12.3 Å². The molecule has 0 spiro atoms. The second-order valence-corrected chi connectivity index (χ2v) is 3.19. The van der Waals surface area contributed by atoms with Crippen LogP contribution in [0.1, 0.15) is 10.5 Å². The van der Waals surface area contributed by atoms with Crippen LogP contribution in [-0.4, -0.2) is 29.1 Å². The summed E-state index contributed by atoms with van der Waals surface area (Å²) in [6.45, 7) is 0.512. The molecular formula is C11H11N3O2. The van der Waals surface area contributed by atoms with Crippen molar-refractivity contribution in [3.05, 3.63) is 36.3 Å². The SMILES string of the molecule is NCCOC(=O)c1ccc2cnccc2n1. The molecule has 0 aromatic carbocycles. The van der Waals surface area contributed by atoms with Crippen molar-refractivity contribution in [1.29, 1.82) is 0 Å². The summed E-state index contributed by atoms with van der Waals surface area (Å²) in [7, 11) is 0. The molecule has 16 heavy (non-hydrogen) atoms. The average molecular weight is 217 g/mol. The Kier molecular flexibility index (Phi) is 3.07. The van der Waals surface area contributed by atoms with Gasteiger partial charge in [-0.05, 0) is 18.2 Å². The van der Waals surface area contributed by atoms with Gasteiger partial charge < -0.3 is 10.5 Å². The molecule has 0 radical (unpaired) electrons. The van der Waals surface area contributed by atoms with Crippen LogP contribution >= 0.6 is 0 Å². The molecule has 2 rings (SSSR count). The van der Waals surface area contributed by atoms with Gasteiger partial charge in [0, 0.05) is 24.3 Å². The van der Waals surface area contributed by atoms with Crippen molar-refractivity contribution >= 4 is 16.9 Å². The van der Waals surface area contributed by atoms with Gasteiger partial charge in [0.05, 0.1) is 5.52 Å². The molecule has 0 aliphatic carbocycles. The van der Waals surface area contributed by atoms with Crippen molar-refractivity contribution in [3.63, 3.8) is 0 Å². The van der Waals surface area contributed by atoms with E-state index in [0.717, 1.165) is 10.9 Å². The fourth-order valence-electron chi connectivity index (χ4n) is 1.30. The van der Waals surface area contributed by atoms with Crippen LogP contribution < -0.4 is 5.73 Å². The van der Waals surface area contributed by atoms with E-state index in [4.69, 9.17) is 10.5 Å². The maximum Gasteiger partial charge on any atom is 0.356 e. The van der Waals surface area contributed by atoms with E-state index >= 15 is 0 Å². The summed E-state index contributed by atoms with van der Waals surface area (Å²) in [5.41, 5.74) is 6.24. The van der Waals surface area contributed by atoms with Crippen molar-refractivity contribution in [2.75, 3.05) is 13.2 Å². The quantitative estimate of drug-likeness (QED) is 0.767. The van der Waals surface area contributed by atoms with Crippen molar-refractivity contribution in [3.8, 4) is 0 Å². The molecule has 5 heteroatoms. The van der Waals surface area contributed by atoms with E-state index in [9.17, 15) is 4.79 Å². The molecule has 2 aromatic heterocycles. The third kappa shape index (κ3) is 2.14. The lowest BCUT2D eigenvalue weighted by Gasteiger charge is -2.03. The standard InChI is InChI=1S/C11H11N3O2/c12-4-6-16-11(15)10-2-1-8-7-13-5-3-9(8)14-10/h1-3,5,7H,4,6,12H2. The molecule has 2 aromatic rings. The Morgan fingerprint density at radius 1 is 1.38 bits per heavy atom. The third-order valence-electron chi connectivity index (χ3n) is 2.05. The minimum absolute atomic E-state index is 0.203. The molecule has 82 valence electrons. The number of esters is 1. The highest BCUT2D eigenvalue weighted by Gasteiger charge is 2.08. The highest BCUT2D eigenvalue weighted by molar-refractivity contribution is 5.90. The van der Waals surface area contributed by atoms with Gasteiger partial charge in [0.15, 0.2) is 0 Å². The van der Waals surface area contributed by atoms with Crippen LogP contribution in [0.5, 0.6) is 0 Å². The fraction of sp³-hybridized carbons (Fsp3) is 0.182. The summed E-state index contributed by atoms with van der Waals surface area (Å²) in [5, 5.41) is 0.887. The third-order valence-corrected chi connectivity index (χ3v) is 2.05. The predicted molar refractivity (Wildman–Crippen MR) is 58.9 cm³/mol. The minimum Gasteiger partial charge on any atom is -0.460 e. The van der Waals surface area contributed by atoms with Gasteiger partial charge in [0.25, 0.3) is 0 Å². The molecule has 0 amide bonds. The van der Waals surface area contributed by atoms with Crippen LogP contribution in [0.25, 0.3) is 10.9 Å². The monoisotopic (exact) mass is 217 g/mol. The maximum atomic E-state index is 11.5. The Labute approximate surface area is 92.3 Å². The first-order valence-corrected chi connectivity index (χ1v) is 4.89. The largest absolute Gasteiger partial charge is 0.460 e. The first-order valence-electron chi connectivity index (χ1n) is 4.89. The number of nitrogens with two attached hydrogens (primary N) is 1. The Hall–Kier alpha value is -2.01. The summed E-state index contributed by atoms with van der Waals surface area (Å²) in [5.74, 6) is -0.454. The van der Waals surface area contributed by atoms with E-state index in [-0.39, 0.29) is 12.3 Å². The number of carbonyl (C=O) groups excluding carboxylic acids is 1. The number of ether oxygens (including phenoxy) is 1. The highest BCUT2D eigenvalue weighted by Crippen LogP contribution is 2.10. The molecule has 2 N–H and O–H groups in total. The van der Waals surface area contributed by atoms with Gasteiger partial charge >= 0.3 is 5.97 Å². The summed E-state index contributed by atoms with van der Waals surface area (Å²) in [6, 6.07) is 5.15. The Bertz CT molecular complexity index is 513. The molecular weight excluding hydrogens is 206 g/mol. The number of nitrogens with zero attached hydrogens (tertiary/aromatic N) is 2. The number of hydrogen-bond acceptors (Lipinski definition) is 5. The van der Waals surface area contributed by atoms with Crippen LogP contribution in [0.15, 0.2) is 30.6 Å². The molecule has 2 heterocycles. The van der Waals surface area contributed by atoms with Crippen molar-refractivity contribution in [1.82, 2.24) is 9.97 Å². The van der Waals surface area contributed by atoms with E-state index in [1.54, 1.807) is 30.6 Å². The van der Waals surface area contributed by atoms with Gasteiger partial charge in [0.2, 0.25) is 0 Å². The van der Waals surface area contributed by atoms with Crippen LogP contribution in [0.2, 0.25) is 0 Å². The van der Waals surface area contributed by atoms with E-state index < -0.39 is 5.97 Å². The average Bonchev–Trinajstić information content (AvgIpc) is 2.35. The second-order valence-electron chi connectivity index (χ2n) is 3.19. The van der Waals surface area contributed by atoms with E-state index in [0.29, 0.717) is 6.54 Å². The molecule has 0 aliphatic rings. The summed E-state index contributed by atoms with van der Waals surface area (Å²) in [4.78, 5) is 19.6. The van der Waals surface area contributed by atoms with Gasteiger partial charge in [-0.25, -0.2) is 9.78 Å². The second kappa shape index (κ2) is 4.67. The zero-order valence-corrected chi connectivity index (χ0v) is 8.59. The first-order chi connectivity index (χ1) is 7.81. The van der Waals surface area contributed by atoms with Crippen LogP contribution in [0, 0.1) is 0 Å². The van der Waals surface area contributed by atoms with E-state index in [1.165, 1.54) is 0 Å². The Morgan fingerprint density at radius 2 is 2.25 bits per heavy atom. The van der Waals surface area contributed by atoms with Crippen LogP contribution in [0.3, 0.4) is 0 Å². The number of pyridine rings is 2. The summed E-state index contributed by atoms with van der Waals surface area (Å²) in [6.07, 6.45) is 3.32. The van der Waals surface area contributed by atoms with Crippen molar-refractivity contribution < 1.29 is 9.53 Å². The molecule has 0 saturated heterocycles. The highest BCUT2D eigenvalue weighted by atomic mass is 16.5. The molecule has 0 atom stereocenters. The molecule has 0 saturated carbocycles. The van der Waals surface area contributed by atoms with E-state index in [2.05, 4.69) is 9.97 Å². The lowest BCUT2D eigenvalue weighted by atomic mass is 10.2. The molecule has 0 bridgehead atoms. The number of aromatic nitrogens is 2. The molecule has 0 aliphatic heterocycles. The van der Waals surface area contributed by atoms with Crippen LogP contribution in [-0.2, 0) is 4.74 Å². The number of fused-ring (bicyclic) bond motifs is 1. The molecule has 0 unspecified atom stereocenters. The van der Waals surface area contributed by atoms with Crippen LogP contribution in [0.4, 0.5) is 0 Å². The zero-order chi connectivity index (χ0) is 11.4. The lowest BCUT2D eigenvalue weighted by molar-refractivity contribution is 0.0510. The minimum atomic E-state index is -0.454. The van der Waals surface area contributed by atoms with Gasteiger partial charge in [-0.15, -0.1) is 0 Å². The summed E-state index contributed by atoms with van der Waals surface area (Å²) < 4.78 is 4.88. The van der Waals surface area contributed by atoms with Crippen molar-refractivity contribution in [2.45, 2.75) is 0 Å².